The van der Waals surface area contributed by atoms with Crippen molar-refractivity contribution in [1.29, 1.82) is 0 Å². The van der Waals surface area contributed by atoms with Crippen LogP contribution in [0, 0.1) is 11.8 Å². The standard InChI is InChI=1S/C15H23N3O/c1-10(2)13-6-5-7-14(11(3)4)15(13)18-8-12(9-19)16-17-18/h6,9-12H,5,7-8H2,1-4H3/t12-/m1/s1. The molecule has 0 saturated carbocycles. The highest BCUT2D eigenvalue weighted by Gasteiger charge is 2.29. The first-order valence-corrected chi connectivity index (χ1v) is 7.11. The van der Waals surface area contributed by atoms with Crippen LogP contribution in [0.4, 0.5) is 0 Å². The molecular formula is C15H23N3O. The van der Waals surface area contributed by atoms with Gasteiger partial charge in [0.15, 0.2) is 0 Å². The molecule has 1 aliphatic carbocycles. The van der Waals surface area contributed by atoms with Gasteiger partial charge in [0.25, 0.3) is 0 Å². The van der Waals surface area contributed by atoms with Crippen LogP contribution < -0.4 is 0 Å². The summed E-state index contributed by atoms with van der Waals surface area (Å²) >= 11 is 0. The second kappa shape index (κ2) is 5.68. The van der Waals surface area contributed by atoms with Crippen LogP contribution in [-0.2, 0) is 4.79 Å². The van der Waals surface area contributed by atoms with Gasteiger partial charge >= 0.3 is 0 Å². The molecule has 0 aromatic rings. The molecule has 2 rings (SSSR count). The van der Waals surface area contributed by atoms with Crippen LogP contribution in [0.25, 0.3) is 0 Å². The molecule has 1 heterocycles. The third-order valence-corrected chi connectivity index (χ3v) is 3.76. The summed E-state index contributed by atoms with van der Waals surface area (Å²) in [6.45, 7) is 9.45. The molecule has 0 N–H and O–H groups in total. The lowest BCUT2D eigenvalue weighted by molar-refractivity contribution is -0.108. The van der Waals surface area contributed by atoms with Crippen molar-refractivity contribution in [3.63, 3.8) is 0 Å². The minimum absolute atomic E-state index is 0.309. The summed E-state index contributed by atoms with van der Waals surface area (Å²) in [5.74, 6) is 0.970. The molecule has 1 atom stereocenters. The molecule has 4 nitrogen and oxygen atoms in total. The number of allylic oxidation sites excluding steroid dienone is 3. The van der Waals surface area contributed by atoms with Crippen molar-refractivity contribution < 1.29 is 4.79 Å². The van der Waals surface area contributed by atoms with Crippen molar-refractivity contribution in [3.05, 3.63) is 22.9 Å². The zero-order valence-corrected chi connectivity index (χ0v) is 12.3. The molecule has 0 saturated heterocycles. The second-order valence-corrected chi connectivity index (χ2v) is 5.87. The van der Waals surface area contributed by atoms with E-state index in [2.05, 4.69) is 44.1 Å². The third-order valence-electron chi connectivity index (χ3n) is 3.76. The maximum atomic E-state index is 10.9. The lowest BCUT2D eigenvalue weighted by Crippen LogP contribution is -2.27. The number of carbonyl (C=O) groups is 1. The molecule has 19 heavy (non-hydrogen) atoms. The quantitative estimate of drug-likeness (QED) is 0.727. The fraction of sp³-hybridized carbons (Fsp3) is 0.667. The van der Waals surface area contributed by atoms with Gasteiger partial charge in [0, 0.05) is 0 Å². The molecule has 0 bridgehead atoms. The van der Waals surface area contributed by atoms with Crippen LogP contribution >= 0.6 is 0 Å². The largest absolute Gasteiger partial charge is 0.301 e. The van der Waals surface area contributed by atoms with Gasteiger partial charge in [0.1, 0.15) is 12.3 Å². The van der Waals surface area contributed by atoms with Gasteiger partial charge in [-0.25, -0.2) is 5.01 Å². The molecular weight excluding hydrogens is 238 g/mol. The van der Waals surface area contributed by atoms with E-state index in [4.69, 9.17) is 0 Å². The Balaban J connectivity index is 2.37. The number of aldehydes is 1. The first kappa shape index (κ1) is 14.0. The minimum Gasteiger partial charge on any atom is -0.301 e. The van der Waals surface area contributed by atoms with E-state index in [9.17, 15) is 4.79 Å². The highest BCUT2D eigenvalue weighted by atomic mass is 16.1. The molecule has 0 aromatic heterocycles. The zero-order chi connectivity index (χ0) is 14.0. The minimum atomic E-state index is -0.309. The van der Waals surface area contributed by atoms with Crippen molar-refractivity contribution in [3.8, 4) is 0 Å². The first-order chi connectivity index (χ1) is 9.04. The van der Waals surface area contributed by atoms with E-state index in [1.807, 2.05) is 5.01 Å². The molecule has 104 valence electrons. The Kier molecular flexibility index (Phi) is 4.17. The Morgan fingerprint density at radius 1 is 1.32 bits per heavy atom. The van der Waals surface area contributed by atoms with Crippen molar-refractivity contribution >= 4 is 6.29 Å². The summed E-state index contributed by atoms with van der Waals surface area (Å²) in [7, 11) is 0. The lowest BCUT2D eigenvalue weighted by Gasteiger charge is -2.30. The fourth-order valence-electron chi connectivity index (χ4n) is 2.75. The van der Waals surface area contributed by atoms with Crippen molar-refractivity contribution in [2.45, 2.75) is 46.6 Å². The zero-order valence-electron chi connectivity index (χ0n) is 12.3. The van der Waals surface area contributed by atoms with Crippen LogP contribution in [0.15, 0.2) is 33.3 Å². The summed E-state index contributed by atoms with van der Waals surface area (Å²) in [5.41, 5.74) is 4.00. The van der Waals surface area contributed by atoms with Gasteiger partial charge < -0.3 is 4.79 Å². The van der Waals surface area contributed by atoms with Crippen LogP contribution in [0.2, 0.25) is 0 Å². The van der Waals surface area contributed by atoms with Gasteiger partial charge in [0.2, 0.25) is 0 Å². The van der Waals surface area contributed by atoms with Gasteiger partial charge in [-0.05, 0) is 35.8 Å². The molecule has 0 aromatic carbocycles. The van der Waals surface area contributed by atoms with E-state index < -0.39 is 0 Å². The maximum Gasteiger partial charge on any atom is 0.148 e. The molecule has 0 fully saturated rings. The number of carbonyl (C=O) groups excluding carboxylic acids is 1. The van der Waals surface area contributed by atoms with Gasteiger partial charge in [-0.15, -0.1) is 0 Å². The Bertz CT molecular complexity index is 446. The van der Waals surface area contributed by atoms with Crippen LogP contribution in [0.3, 0.4) is 0 Å². The molecule has 0 radical (unpaired) electrons. The highest BCUT2D eigenvalue weighted by molar-refractivity contribution is 5.58. The summed E-state index contributed by atoms with van der Waals surface area (Å²) in [5, 5.41) is 10.2. The van der Waals surface area contributed by atoms with Crippen LogP contribution in [0.5, 0.6) is 0 Å². The van der Waals surface area contributed by atoms with E-state index in [1.165, 1.54) is 16.8 Å². The average molecular weight is 261 g/mol. The molecule has 4 heteroatoms. The van der Waals surface area contributed by atoms with E-state index in [-0.39, 0.29) is 6.04 Å². The predicted molar refractivity (Wildman–Crippen MR) is 75.4 cm³/mol. The monoisotopic (exact) mass is 261 g/mol. The van der Waals surface area contributed by atoms with Gasteiger partial charge in [-0.1, -0.05) is 39.0 Å². The normalized spacial score (nSPS) is 23.6. The molecule has 0 unspecified atom stereocenters. The predicted octanol–water partition coefficient (Wildman–Crippen LogP) is 3.52. The van der Waals surface area contributed by atoms with Gasteiger partial charge in [-0.2, -0.15) is 5.11 Å². The van der Waals surface area contributed by atoms with E-state index in [0.717, 1.165) is 19.1 Å². The fourth-order valence-corrected chi connectivity index (χ4v) is 2.75. The van der Waals surface area contributed by atoms with Crippen LogP contribution in [-0.4, -0.2) is 23.9 Å². The Morgan fingerprint density at radius 3 is 2.58 bits per heavy atom. The SMILES string of the molecule is CC(C)C1=CCCC(C(C)C)=C1N1C[C@H](C=O)N=N1. The third kappa shape index (κ3) is 2.77. The highest BCUT2D eigenvalue weighted by Crippen LogP contribution is 2.37. The Morgan fingerprint density at radius 2 is 2.05 bits per heavy atom. The molecule has 0 spiro atoms. The molecule has 2 aliphatic rings. The van der Waals surface area contributed by atoms with Gasteiger partial charge in [-0.3, -0.25) is 0 Å². The van der Waals surface area contributed by atoms with Crippen molar-refractivity contribution in [2.24, 2.45) is 22.2 Å². The number of nitrogens with zero attached hydrogens (tertiary/aromatic N) is 3. The topological polar surface area (TPSA) is 45.0 Å². The Hall–Kier alpha value is -1.45. The van der Waals surface area contributed by atoms with E-state index >= 15 is 0 Å². The van der Waals surface area contributed by atoms with E-state index in [0.29, 0.717) is 18.4 Å². The summed E-state index contributed by atoms with van der Waals surface area (Å²) < 4.78 is 0. The summed E-state index contributed by atoms with van der Waals surface area (Å²) in [6, 6.07) is -0.309. The summed E-state index contributed by atoms with van der Waals surface area (Å²) in [6.07, 6.45) is 5.38. The van der Waals surface area contributed by atoms with Gasteiger partial charge in [0.05, 0.1) is 12.2 Å². The Labute approximate surface area is 115 Å². The first-order valence-electron chi connectivity index (χ1n) is 7.11. The molecule has 0 amide bonds. The smallest absolute Gasteiger partial charge is 0.148 e. The van der Waals surface area contributed by atoms with E-state index in [1.54, 1.807) is 0 Å². The molecule has 1 aliphatic heterocycles. The van der Waals surface area contributed by atoms with Crippen LogP contribution in [0.1, 0.15) is 40.5 Å². The summed E-state index contributed by atoms with van der Waals surface area (Å²) in [4.78, 5) is 10.9. The second-order valence-electron chi connectivity index (χ2n) is 5.87. The number of rotatable bonds is 4. The lowest BCUT2D eigenvalue weighted by atomic mass is 9.84. The number of hydrogen-bond donors (Lipinski definition) is 0. The van der Waals surface area contributed by atoms with Crippen molar-refractivity contribution in [1.82, 2.24) is 5.01 Å². The maximum absolute atomic E-state index is 10.9. The number of hydrogen-bond acceptors (Lipinski definition) is 4. The average Bonchev–Trinajstić information content (AvgIpc) is 2.86. The van der Waals surface area contributed by atoms with Crippen molar-refractivity contribution in [2.75, 3.05) is 6.54 Å².